The van der Waals surface area contributed by atoms with E-state index in [9.17, 15) is 14.4 Å². The highest BCUT2D eigenvalue weighted by Crippen LogP contribution is 2.15. The van der Waals surface area contributed by atoms with Gasteiger partial charge in [-0.3, -0.25) is 14.4 Å². The Morgan fingerprint density at radius 1 is 0.645 bits per heavy atom. The van der Waals surface area contributed by atoms with Gasteiger partial charge in [0.05, 0.1) is 11.3 Å². The molecule has 0 spiro atoms. The van der Waals surface area contributed by atoms with Crippen LogP contribution in [0.1, 0.15) is 32.7 Å². The molecule has 0 aliphatic rings. The van der Waals surface area contributed by atoms with Gasteiger partial charge >= 0.3 is 0 Å². The molecule has 0 fully saturated rings. The average molecular weight is 415 g/mol. The van der Waals surface area contributed by atoms with E-state index < -0.39 is 0 Å². The van der Waals surface area contributed by atoms with Crippen molar-refractivity contribution in [2.45, 2.75) is 12.8 Å². The summed E-state index contributed by atoms with van der Waals surface area (Å²) >= 11 is 0. The Hall–Kier alpha value is -3.93. The van der Waals surface area contributed by atoms with Crippen molar-refractivity contribution in [3.8, 4) is 0 Å². The molecule has 0 bridgehead atoms. The Morgan fingerprint density at radius 2 is 1.26 bits per heavy atom. The molecule has 3 N–H and O–H groups in total. The molecule has 3 aromatic rings. The van der Waals surface area contributed by atoms with Crippen molar-refractivity contribution in [2.24, 2.45) is 0 Å². The van der Waals surface area contributed by atoms with Crippen molar-refractivity contribution in [2.75, 3.05) is 18.4 Å². The summed E-state index contributed by atoms with van der Waals surface area (Å²) in [7, 11) is 0. The third-order valence-corrected chi connectivity index (χ3v) is 4.66. The average Bonchev–Trinajstić information content (AvgIpc) is 2.80. The summed E-state index contributed by atoms with van der Waals surface area (Å²) in [4.78, 5) is 36.9. The number of benzene rings is 3. The van der Waals surface area contributed by atoms with Crippen molar-refractivity contribution in [3.05, 3.63) is 102 Å². The molecule has 6 heteroatoms. The molecule has 3 aromatic carbocycles. The van der Waals surface area contributed by atoms with Crippen LogP contribution in [0.4, 0.5) is 5.69 Å². The van der Waals surface area contributed by atoms with E-state index in [4.69, 9.17) is 0 Å². The third-order valence-electron chi connectivity index (χ3n) is 4.66. The molecule has 3 amide bonds. The smallest absolute Gasteiger partial charge is 0.253 e. The van der Waals surface area contributed by atoms with Crippen molar-refractivity contribution in [3.63, 3.8) is 0 Å². The fourth-order valence-corrected chi connectivity index (χ4v) is 3.04. The van der Waals surface area contributed by atoms with Crippen molar-refractivity contribution >= 4 is 23.4 Å². The van der Waals surface area contributed by atoms with Crippen molar-refractivity contribution in [1.29, 1.82) is 0 Å². The molecule has 31 heavy (non-hydrogen) atoms. The van der Waals surface area contributed by atoms with Gasteiger partial charge in [0, 0.05) is 25.1 Å². The first-order valence-corrected chi connectivity index (χ1v) is 10.2. The predicted octanol–water partition coefficient (Wildman–Crippen LogP) is 3.42. The lowest BCUT2D eigenvalue weighted by Gasteiger charge is -2.12. The van der Waals surface area contributed by atoms with E-state index in [1.807, 2.05) is 36.4 Å². The predicted molar refractivity (Wildman–Crippen MR) is 121 cm³/mol. The highest BCUT2D eigenvalue weighted by atomic mass is 16.2. The zero-order chi connectivity index (χ0) is 21.9. The Kier molecular flexibility index (Phi) is 7.94. The van der Waals surface area contributed by atoms with Crippen LogP contribution >= 0.6 is 0 Å². The van der Waals surface area contributed by atoms with E-state index in [1.54, 1.807) is 48.5 Å². The van der Waals surface area contributed by atoms with Gasteiger partial charge < -0.3 is 16.0 Å². The minimum Gasteiger partial charge on any atom is -0.352 e. The number of hydrogen-bond donors (Lipinski definition) is 3. The maximum absolute atomic E-state index is 12.6. The number of nitrogens with one attached hydrogen (secondary N) is 3. The Balaban J connectivity index is 1.48. The highest BCUT2D eigenvalue weighted by molar-refractivity contribution is 6.03. The molecule has 0 saturated carbocycles. The first kappa shape index (κ1) is 21.8. The molecule has 0 aliphatic heterocycles. The summed E-state index contributed by atoms with van der Waals surface area (Å²) in [6.45, 7) is 0.696. The number of rotatable bonds is 9. The molecule has 0 aromatic heterocycles. The van der Waals surface area contributed by atoms with E-state index in [-0.39, 0.29) is 30.7 Å². The zero-order valence-corrected chi connectivity index (χ0v) is 17.1. The Morgan fingerprint density at radius 3 is 2.00 bits per heavy atom. The van der Waals surface area contributed by atoms with Crippen molar-refractivity contribution in [1.82, 2.24) is 10.6 Å². The van der Waals surface area contributed by atoms with Crippen LogP contribution < -0.4 is 16.0 Å². The fraction of sp³-hybridized carbons (Fsp3) is 0.160. The maximum atomic E-state index is 12.6. The Labute approximate surface area is 181 Å². The van der Waals surface area contributed by atoms with Gasteiger partial charge in [0.15, 0.2) is 0 Å². The van der Waals surface area contributed by atoms with Gasteiger partial charge in [-0.15, -0.1) is 0 Å². The van der Waals surface area contributed by atoms with Gasteiger partial charge in [-0.25, -0.2) is 0 Å². The fourth-order valence-electron chi connectivity index (χ4n) is 3.04. The minimum atomic E-state index is -0.280. The SMILES string of the molecule is O=C(CCNC(=O)c1ccccc1)Nc1ccccc1C(=O)NCCc1ccccc1. The molecule has 158 valence electrons. The van der Waals surface area contributed by atoms with Crippen LogP contribution in [0, 0.1) is 0 Å². The summed E-state index contributed by atoms with van der Waals surface area (Å²) in [6, 6.07) is 25.6. The molecular formula is C25H25N3O3. The quantitative estimate of drug-likeness (QED) is 0.500. The summed E-state index contributed by atoms with van der Waals surface area (Å²) in [6.07, 6.45) is 0.824. The second kappa shape index (κ2) is 11.3. The molecule has 6 nitrogen and oxygen atoms in total. The lowest BCUT2D eigenvalue weighted by Crippen LogP contribution is -2.29. The first-order chi connectivity index (χ1) is 15.1. The van der Waals surface area contributed by atoms with E-state index in [2.05, 4.69) is 16.0 Å². The van der Waals surface area contributed by atoms with Crippen LogP contribution in [-0.2, 0) is 11.2 Å². The molecular weight excluding hydrogens is 390 g/mol. The van der Waals surface area contributed by atoms with E-state index in [0.717, 1.165) is 12.0 Å². The summed E-state index contributed by atoms with van der Waals surface area (Å²) < 4.78 is 0. The second-order valence-electron chi connectivity index (χ2n) is 6.96. The van der Waals surface area contributed by atoms with Crippen LogP contribution in [0.2, 0.25) is 0 Å². The number of carbonyl (C=O) groups excluding carboxylic acids is 3. The third kappa shape index (κ3) is 6.82. The van der Waals surface area contributed by atoms with Crippen LogP contribution in [0.3, 0.4) is 0 Å². The molecule has 3 rings (SSSR count). The number of anilines is 1. The number of hydrogen-bond acceptors (Lipinski definition) is 3. The van der Waals surface area contributed by atoms with E-state index >= 15 is 0 Å². The summed E-state index contributed by atoms with van der Waals surface area (Å²) in [5, 5.41) is 8.37. The van der Waals surface area contributed by atoms with Gasteiger partial charge in [0.2, 0.25) is 5.91 Å². The van der Waals surface area contributed by atoms with Crippen molar-refractivity contribution < 1.29 is 14.4 Å². The summed E-state index contributed by atoms with van der Waals surface area (Å²) in [5.41, 5.74) is 2.53. The molecule has 0 radical (unpaired) electrons. The van der Waals surface area contributed by atoms with Crippen LogP contribution in [-0.4, -0.2) is 30.8 Å². The van der Waals surface area contributed by atoms with E-state index in [0.29, 0.717) is 23.4 Å². The van der Waals surface area contributed by atoms with Gasteiger partial charge in [0.25, 0.3) is 11.8 Å². The number of carbonyl (C=O) groups is 3. The van der Waals surface area contributed by atoms with Crippen LogP contribution in [0.25, 0.3) is 0 Å². The molecule has 0 saturated heterocycles. The number of para-hydroxylation sites is 1. The summed E-state index contributed by atoms with van der Waals surface area (Å²) in [5.74, 6) is -0.756. The zero-order valence-electron chi connectivity index (χ0n) is 17.1. The highest BCUT2D eigenvalue weighted by Gasteiger charge is 2.13. The second-order valence-corrected chi connectivity index (χ2v) is 6.96. The van der Waals surface area contributed by atoms with Gasteiger partial charge in [0.1, 0.15) is 0 Å². The molecule has 0 unspecified atom stereocenters. The minimum absolute atomic E-state index is 0.0997. The number of amides is 3. The standard InChI is InChI=1S/C25H25N3O3/c29-23(16-18-26-24(30)20-11-5-2-6-12-20)28-22-14-8-7-13-21(22)25(31)27-17-15-19-9-3-1-4-10-19/h1-14H,15-18H2,(H,26,30)(H,27,31)(H,28,29). The maximum Gasteiger partial charge on any atom is 0.253 e. The normalized spacial score (nSPS) is 10.2. The molecule has 0 atom stereocenters. The van der Waals surface area contributed by atoms with Gasteiger partial charge in [-0.05, 0) is 36.2 Å². The van der Waals surface area contributed by atoms with Gasteiger partial charge in [-0.1, -0.05) is 60.7 Å². The van der Waals surface area contributed by atoms with E-state index in [1.165, 1.54) is 0 Å². The van der Waals surface area contributed by atoms with Crippen LogP contribution in [0.5, 0.6) is 0 Å². The van der Waals surface area contributed by atoms with Crippen LogP contribution in [0.15, 0.2) is 84.9 Å². The lowest BCUT2D eigenvalue weighted by molar-refractivity contribution is -0.116. The first-order valence-electron chi connectivity index (χ1n) is 10.2. The topological polar surface area (TPSA) is 87.3 Å². The molecule has 0 aliphatic carbocycles. The molecule has 0 heterocycles. The lowest BCUT2D eigenvalue weighted by atomic mass is 10.1. The monoisotopic (exact) mass is 415 g/mol. The largest absolute Gasteiger partial charge is 0.352 e. The van der Waals surface area contributed by atoms with Gasteiger partial charge in [-0.2, -0.15) is 0 Å². The Bertz CT molecular complexity index is 1020.